The molecule has 20 heavy (non-hydrogen) atoms. The lowest BCUT2D eigenvalue weighted by molar-refractivity contribution is 0.340. The van der Waals surface area contributed by atoms with Crippen molar-refractivity contribution < 1.29 is 9.13 Å². The predicted octanol–water partition coefficient (Wildman–Crippen LogP) is 5.86. The van der Waals surface area contributed by atoms with Crippen molar-refractivity contribution >= 4 is 34.8 Å². The topological polar surface area (TPSA) is 9.23 Å². The molecule has 0 aliphatic heterocycles. The van der Waals surface area contributed by atoms with E-state index in [1.54, 1.807) is 24.3 Å². The number of hydrogen-bond acceptors (Lipinski definition) is 1. The summed E-state index contributed by atoms with van der Waals surface area (Å²) in [6, 6.07) is 9.27. The zero-order valence-corrected chi connectivity index (χ0v) is 12.9. The monoisotopic (exact) mass is 332 g/mol. The second-order valence-corrected chi connectivity index (χ2v) is 5.40. The zero-order chi connectivity index (χ0) is 14.7. The molecule has 0 aliphatic rings. The molecule has 2 rings (SSSR count). The molecule has 0 saturated heterocycles. The summed E-state index contributed by atoms with van der Waals surface area (Å²) in [6.07, 6.45) is 0. The Balaban J connectivity index is 2.37. The molecule has 2 aromatic rings. The van der Waals surface area contributed by atoms with Crippen LogP contribution in [0.1, 0.15) is 23.4 Å². The molecule has 0 N–H and O–H groups in total. The summed E-state index contributed by atoms with van der Waals surface area (Å²) in [5.41, 5.74) is 1.41. The van der Waals surface area contributed by atoms with E-state index in [1.165, 1.54) is 12.1 Å². The lowest BCUT2D eigenvalue weighted by Gasteiger charge is -2.15. The van der Waals surface area contributed by atoms with Crippen LogP contribution < -0.4 is 4.74 Å². The lowest BCUT2D eigenvalue weighted by Crippen LogP contribution is -1.98. The van der Waals surface area contributed by atoms with E-state index in [4.69, 9.17) is 39.5 Å². The van der Waals surface area contributed by atoms with Crippen LogP contribution in [0.2, 0.25) is 10.0 Å². The molecule has 2 aromatic carbocycles. The van der Waals surface area contributed by atoms with Crippen LogP contribution in [0, 0.1) is 5.82 Å². The summed E-state index contributed by atoms with van der Waals surface area (Å²) in [5, 5.41) is 0.400. The minimum absolute atomic E-state index is 0.312. The molecule has 1 atom stereocenters. The predicted molar refractivity (Wildman–Crippen MR) is 81.7 cm³/mol. The summed E-state index contributed by atoms with van der Waals surface area (Å²) in [4.78, 5) is 0. The molecule has 5 heteroatoms. The summed E-state index contributed by atoms with van der Waals surface area (Å²) >= 11 is 18.7. The van der Waals surface area contributed by atoms with E-state index in [0.29, 0.717) is 28.0 Å². The summed E-state index contributed by atoms with van der Waals surface area (Å²) in [5.74, 6) is 0.208. The van der Waals surface area contributed by atoms with Crippen molar-refractivity contribution in [3.63, 3.8) is 0 Å². The first-order chi connectivity index (χ1) is 9.52. The van der Waals surface area contributed by atoms with Gasteiger partial charge in [0.05, 0.1) is 17.0 Å². The number of halogens is 4. The van der Waals surface area contributed by atoms with E-state index >= 15 is 0 Å². The summed E-state index contributed by atoms with van der Waals surface area (Å²) in [7, 11) is 0. The zero-order valence-electron chi connectivity index (χ0n) is 10.7. The molecule has 106 valence electrons. The number of benzene rings is 2. The van der Waals surface area contributed by atoms with Gasteiger partial charge in [-0.2, -0.15) is 0 Å². The van der Waals surface area contributed by atoms with Crippen LogP contribution in [0.5, 0.6) is 5.75 Å². The minimum atomic E-state index is -0.503. The van der Waals surface area contributed by atoms with E-state index in [9.17, 15) is 4.39 Å². The van der Waals surface area contributed by atoms with Crippen molar-refractivity contribution in [2.75, 3.05) is 6.61 Å². The average molecular weight is 334 g/mol. The Morgan fingerprint density at radius 2 is 1.75 bits per heavy atom. The highest BCUT2D eigenvalue weighted by Gasteiger charge is 2.17. The number of rotatable bonds is 4. The van der Waals surface area contributed by atoms with E-state index in [-0.39, 0.29) is 5.82 Å². The van der Waals surface area contributed by atoms with E-state index in [2.05, 4.69) is 0 Å². The van der Waals surface area contributed by atoms with Gasteiger partial charge < -0.3 is 4.74 Å². The summed E-state index contributed by atoms with van der Waals surface area (Å²) < 4.78 is 18.3. The Labute approximate surface area is 132 Å². The van der Waals surface area contributed by atoms with Crippen LogP contribution in [-0.2, 0) is 0 Å². The lowest BCUT2D eigenvalue weighted by atomic mass is 10.0. The molecule has 0 radical (unpaired) electrons. The highest BCUT2D eigenvalue weighted by Crippen LogP contribution is 2.39. The van der Waals surface area contributed by atoms with E-state index in [0.717, 1.165) is 5.56 Å². The second-order valence-electron chi connectivity index (χ2n) is 4.15. The van der Waals surface area contributed by atoms with E-state index in [1.807, 2.05) is 6.92 Å². The first-order valence-electron chi connectivity index (χ1n) is 6.04. The highest BCUT2D eigenvalue weighted by atomic mass is 35.5. The molecule has 0 amide bonds. The van der Waals surface area contributed by atoms with Crippen molar-refractivity contribution in [1.29, 1.82) is 0 Å². The van der Waals surface area contributed by atoms with Gasteiger partial charge in [-0.1, -0.05) is 35.3 Å². The van der Waals surface area contributed by atoms with Crippen LogP contribution in [0.4, 0.5) is 4.39 Å². The highest BCUT2D eigenvalue weighted by molar-refractivity contribution is 6.36. The standard InChI is InChI=1S/C15H12Cl3FO/c1-2-20-14-8-12(16)11(7-13(14)17)15(18)9-3-5-10(19)6-4-9/h3-8,15H,2H2,1H3. The molecule has 0 spiro atoms. The van der Waals surface area contributed by atoms with Gasteiger partial charge in [-0.05, 0) is 36.2 Å². The first-order valence-corrected chi connectivity index (χ1v) is 7.23. The van der Waals surface area contributed by atoms with Gasteiger partial charge >= 0.3 is 0 Å². The third-order valence-corrected chi connectivity index (χ3v) is 3.90. The molecule has 1 nitrogen and oxygen atoms in total. The maximum absolute atomic E-state index is 12.9. The van der Waals surface area contributed by atoms with E-state index < -0.39 is 5.38 Å². The molecule has 0 bridgehead atoms. The molecule has 0 heterocycles. The fourth-order valence-electron chi connectivity index (χ4n) is 1.82. The van der Waals surface area contributed by atoms with Crippen LogP contribution in [0.25, 0.3) is 0 Å². The quantitative estimate of drug-likeness (QED) is 0.637. The molecule has 0 aromatic heterocycles. The Morgan fingerprint density at radius 3 is 2.35 bits per heavy atom. The number of ether oxygens (including phenoxy) is 1. The van der Waals surface area contributed by atoms with Crippen LogP contribution in [-0.4, -0.2) is 6.61 Å². The van der Waals surface area contributed by atoms with Crippen molar-refractivity contribution in [3.8, 4) is 5.75 Å². The third kappa shape index (κ3) is 3.38. The van der Waals surface area contributed by atoms with Gasteiger partial charge in [-0.15, -0.1) is 11.6 Å². The van der Waals surface area contributed by atoms with Crippen molar-refractivity contribution in [1.82, 2.24) is 0 Å². The van der Waals surface area contributed by atoms with Crippen molar-refractivity contribution in [2.24, 2.45) is 0 Å². The first kappa shape index (κ1) is 15.4. The van der Waals surface area contributed by atoms with Gasteiger partial charge in [-0.3, -0.25) is 0 Å². The van der Waals surface area contributed by atoms with Gasteiger partial charge in [0.1, 0.15) is 11.6 Å². The largest absolute Gasteiger partial charge is 0.492 e. The smallest absolute Gasteiger partial charge is 0.139 e. The van der Waals surface area contributed by atoms with Gasteiger partial charge in [0.15, 0.2) is 0 Å². The number of alkyl halides is 1. The van der Waals surface area contributed by atoms with Crippen molar-refractivity contribution in [3.05, 3.63) is 63.4 Å². The fraction of sp³-hybridized carbons (Fsp3) is 0.200. The number of hydrogen-bond donors (Lipinski definition) is 0. The molecule has 0 fully saturated rings. The molecule has 1 unspecified atom stereocenters. The maximum atomic E-state index is 12.9. The maximum Gasteiger partial charge on any atom is 0.139 e. The summed E-state index contributed by atoms with van der Waals surface area (Å²) in [6.45, 7) is 2.36. The Hall–Kier alpha value is -0.960. The van der Waals surface area contributed by atoms with Crippen molar-refractivity contribution in [2.45, 2.75) is 12.3 Å². The molecule has 0 saturated carbocycles. The minimum Gasteiger partial charge on any atom is -0.492 e. The fourth-order valence-corrected chi connectivity index (χ4v) is 2.69. The normalized spacial score (nSPS) is 12.2. The molecule has 0 aliphatic carbocycles. The SMILES string of the molecule is CCOc1cc(Cl)c(C(Cl)c2ccc(F)cc2)cc1Cl. The van der Waals surface area contributed by atoms with Gasteiger partial charge in [0.25, 0.3) is 0 Å². The second kappa shape index (κ2) is 6.66. The van der Waals surface area contributed by atoms with Crippen LogP contribution >= 0.6 is 34.8 Å². The molecular weight excluding hydrogens is 322 g/mol. The van der Waals surface area contributed by atoms with Gasteiger partial charge in [0.2, 0.25) is 0 Å². The Kier molecular flexibility index (Phi) is 5.14. The third-order valence-electron chi connectivity index (χ3n) is 2.79. The average Bonchev–Trinajstić information content (AvgIpc) is 2.43. The van der Waals surface area contributed by atoms with Gasteiger partial charge in [0, 0.05) is 11.1 Å². The van der Waals surface area contributed by atoms with Crippen LogP contribution in [0.3, 0.4) is 0 Å². The van der Waals surface area contributed by atoms with Crippen LogP contribution in [0.15, 0.2) is 36.4 Å². The Morgan fingerprint density at radius 1 is 1.10 bits per heavy atom. The molecular formula is C15H12Cl3FO. The van der Waals surface area contributed by atoms with Gasteiger partial charge in [-0.25, -0.2) is 4.39 Å². The Bertz CT molecular complexity index is 599.